The fourth-order valence-electron chi connectivity index (χ4n) is 2.06. The molecule has 0 aliphatic rings. The van der Waals surface area contributed by atoms with Crippen molar-refractivity contribution < 1.29 is 9.53 Å². The second-order valence-corrected chi connectivity index (χ2v) is 5.04. The van der Waals surface area contributed by atoms with Gasteiger partial charge >= 0.3 is 0 Å². The van der Waals surface area contributed by atoms with Gasteiger partial charge in [-0.05, 0) is 30.2 Å². The van der Waals surface area contributed by atoms with E-state index < -0.39 is 0 Å². The maximum absolute atomic E-state index is 12.0. The normalized spacial score (nSPS) is 11.9. The minimum Gasteiger partial charge on any atom is -0.372 e. The van der Waals surface area contributed by atoms with E-state index in [2.05, 4.69) is 5.32 Å². The number of rotatable bonds is 6. The zero-order valence-corrected chi connectivity index (χ0v) is 12.6. The third-order valence-electron chi connectivity index (χ3n) is 3.08. The summed E-state index contributed by atoms with van der Waals surface area (Å²) in [5, 5.41) is 3.67. The van der Waals surface area contributed by atoms with Crippen molar-refractivity contribution in [2.45, 2.75) is 13.0 Å². The van der Waals surface area contributed by atoms with E-state index in [9.17, 15) is 4.79 Å². The first-order chi connectivity index (χ1) is 10.2. The molecule has 2 aromatic carbocycles. The fourth-order valence-corrected chi connectivity index (χ4v) is 2.18. The van der Waals surface area contributed by atoms with E-state index in [-0.39, 0.29) is 18.6 Å². The van der Waals surface area contributed by atoms with Gasteiger partial charge in [0.15, 0.2) is 0 Å². The fraction of sp³-hybridized carbons (Fsp3) is 0.235. The Morgan fingerprint density at radius 2 is 1.71 bits per heavy atom. The van der Waals surface area contributed by atoms with E-state index in [1.54, 1.807) is 0 Å². The van der Waals surface area contributed by atoms with Crippen LogP contribution < -0.4 is 5.32 Å². The minimum absolute atomic E-state index is 0.0629. The summed E-state index contributed by atoms with van der Waals surface area (Å²) in [5.74, 6) is -0.138. The molecule has 110 valence electrons. The SMILES string of the molecule is CCOCC(=O)NC(c1ccccc1)c1ccc(Cl)cc1. The smallest absolute Gasteiger partial charge is 0.246 e. The lowest BCUT2D eigenvalue weighted by atomic mass is 9.99. The highest BCUT2D eigenvalue weighted by Crippen LogP contribution is 2.23. The molecule has 3 nitrogen and oxygen atoms in total. The van der Waals surface area contributed by atoms with Crippen LogP contribution in [-0.4, -0.2) is 19.1 Å². The van der Waals surface area contributed by atoms with Crippen LogP contribution in [0.15, 0.2) is 54.6 Å². The zero-order valence-electron chi connectivity index (χ0n) is 11.9. The molecule has 21 heavy (non-hydrogen) atoms. The molecule has 4 heteroatoms. The maximum atomic E-state index is 12.0. The van der Waals surface area contributed by atoms with Gasteiger partial charge in [0.25, 0.3) is 0 Å². The largest absolute Gasteiger partial charge is 0.372 e. The van der Waals surface area contributed by atoms with Crippen LogP contribution >= 0.6 is 11.6 Å². The van der Waals surface area contributed by atoms with Gasteiger partial charge in [-0.2, -0.15) is 0 Å². The molecule has 0 saturated heterocycles. The molecule has 1 amide bonds. The minimum atomic E-state index is -0.212. The monoisotopic (exact) mass is 303 g/mol. The molecule has 0 aromatic heterocycles. The van der Waals surface area contributed by atoms with Gasteiger partial charge in [0.2, 0.25) is 5.91 Å². The van der Waals surface area contributed by atoms with Crippen molar-refractivity contribution in [2.24, 2.45) is 0 Å². The van der Waals surface area contributed by atoms with Crippen LogP contribution in [0.5, 0.6) is 0 Å². The molecule has 0 aliphatic heterocycles. The molecule has 0 heterocycles. The summed E-state index contributed by atoms with van der Waals surface area (Å²) in [6.07, 6.45) is 0. The Hall–Kier alpha value is -1.84. The Kier molecular flexibility index (Phi) is 5.78. The summed E-state index contributed by atoms with van der Waals surface area (Å²) in [6.45, 7) is 2.44. The molecule has 0 radical (unpaired) electrons. The van der Waals surface area contributed by atoms with Gasteiger partial charge in [-0.1, -0.05) is 54.1 Å². The van der Waals surface area contributed by atoms with Crippen LogP contribution in [0.4, 0.5) is 0 Å². The summed E-state index contributed by atoms with van der Waals surface area (Å²) >= 11 is 5.93. The Morgan fingerprint density at radius 3 is 2.33 bits per heavy atom. The quantitative estimate of drug-likeness (QED) is 0.886. The number of amides is 1. The molecule has 2 aromatic rings. The average Bonchev–Trinajstić information content (AvgIpc) is 2.52. The Balaban J connectivity index is 2.22. The lowest BCUT2D eigenvalue weighted by Gasteiger charge is -2.20. The van der Waals surface area contributed by atoms with Crippen LogP contribution in [0, 0.1) is 0 Å². The van der Waals surface area contributed by atoms with Gasteiger partial charge in [0.1, 0.15) is 6.61 Å². The standard InChI is InChI=1S/C17H18ClNO2/c1-2-21-12-16(20)19-17(13-6-4-3-5-7-13)14-8-10-15(18)11-9-14/h3-11,17H,2,12H2,1H3,(H,19,20). The lowest BCUT2D eigenvalue weighted by molar-refractivity contribution is -0.126. The van der Waals surface area contributed by atoms with E-state index in [1.165, 1.54) is 0 Å². The molecule has 0 spiro atoms. The maximum Gasteiger partial charge on any atom is 0.246 e. The van der Waals surface area contributed by atoms with Gasteiger partial charge in [-0.25, -0.2) is 0 Å². The highest BCUT2D eigenvalue weighted by atomic mass is 35.5. The molecule has 0 fully saturated rings. The third-order valence-corrected chi connectivity index (χ3v) is 3.33. The van der Waals surface area contributed by atoms with Gasteiger partial charge in [-0.15, -0.1) is 0 Å². The number of benzene rings is 2. The van der Waals surface area contributed by atoms with Crippen molar-refractivity contribution in [1.82, 2.24) is 5.32 Å². The number of nitrogens with one attached hydrogen (secondary N) is 1. The van der Waals surface area contributed by atoms with Crippen molar-refractivity contribution in [3.05, 3.63) is 70.7 Å². The molecule has 1 unspecified atom stereocenters. The number of carbonyl (C=O) groups excluding carboxylic acids is 1. The van der Waals surface area contributed by atoms with Crippen molar-refractivity contribution in [2.75, 3.05) is 13.2 Å². The van der Waals surface area contributed by atoms with Crippen molar-refractivity contribution in [1.29, 1.82) is 0 Å². The van der Waals surface area contributed by atoms with Crippen LogP contribution in [0.1, 0.15) is 24.1 Å². The second-order valence-electron chi connectivity index (χ2n) is 4.60. The first-order valence-electron chi connectivity index (χ1n) is 6.88. The van der Waals surface area contributed by atoms with E-state index in [1.807, 2.05) is 61.5 Å². The lowest BCUT2D eigenvalue weighted by Crippen LogP contribution is -2.32. The van der Waals surface area contributed by atoms with Crippen LogP contribution in [0.25, 0.3) is 0 Å². The van der Waals surface area contributed by atoms with Crippen molar-refractivity contribution in [3.8, 4) is 0 Å². The molecule has 2 rings (SSSR count). The van der Waals surface area contributed by atoms with Gasteiger partial charge in [0, 0.05) is 11.6 Å². The van der Waals surface area contributed by atoms with Crippen LogP contribution in [-0.2, 0) is 9.53 Å². The third kappa shape index (κ3) is 4.59. The zero-order chi connectivity index (χ0) is 15.1. The summed E-state index contributed by atoms with van der Waals surface area (Å²) in [6, 6.07) is 17.1. The van der Waals surface area contributed by atoms with Gasteiger partial charge < -0.3 is 10.1 Å². The summed E-state index contributed by atoms with van der Waals surface area (Å²) in [4.78, 5) is 12.0. The predicted molar refractivity (Wildman–Crippen MR) is 84.4 cm³/mol. The number of carbonyl (C=O) groups is 1. The number of hydrogen-bond donors (Lipinski definition) is 1. The molecular formula is C17H18ClNO2. The van der Waals surface area contributed by atoms with E-state index in [0.717, 1.165) is 11.1 Å². The topological polar surface area (TPSA) is 38.3 Å². The summed E-state index contributed by atoms with van der Waals surface area (Å²) in [7, 11) is 0. The molecule has 0 aliphatic carbocycles. The molecule has 1 atom stereocenters. The highest BCUT2D eigenvalue weighted by Gasteiger charge is 2.16. The average molecular weight is 304 g/mol. The summed E-state index contributed by atoms with van der Waals surface area (Å²) < 4.78 is 5.15. The first-order valence-corrected chi connectivity index (χ1v) is 7.26. The van der Waals surface area contributed by atoms with E-state index in [0.29, 0.717) is 11.6 Å². The van der Waals surface area contributed by atoms with E-state index in [4.69, 9.17) is 16.3 Å². The van der Waals surface area contributed by atoms with Crippen molar-refractivity contribution >= 4 is 17.5 Å². The number of ether oxygens (including phenoxy) is 1. The molecule has 0 bridgehead atoms. The predicted octanol–water partition coefficient (Wildman–Crippen LogP) is 3.58. The van der Waals surface area contributed by atoms with Gasteiger partial charge in [0.05, 0.1) is 6.04 Å². The van der Waals surface area contributed by atoms with Crippen LogP contribution in [0.2, 0.25) is 5.02 Å². The van der Waals surface area contributed by atoms with Crippen LogP contribution in [0.3, 0.4) is 0 Å². The highest BCUT2D eigenvalue weighted by molar-refractivity contribution is 6.30. The molecular weight excluding hydrogens is 286 g/mol. The Bertz CT molecular complexity index is 569. The molecule has 1 N–H and O–H groups in total. The molecule has 0 saturated carbocycles. The number of halogens is 1. The van der Waals surface area contributed by atoms with Crippen molar-refractivity contribution in [3.63, 3.8) is 0 Å². The number of hydrogen-bond acceptors (Lipinski definition) is 2. The summed E-state index contributed by atoms with van der Waals surface area (Å²) in [5.41, 5.74) is 2.00. The Labute approximate surface area is 129 Å². The second kappa shape index (κ2) is 7.81. The first kappa shape index (κ1) is 15.5. The van der Waals surface area contributed by atoms with E-state index >= 15 is 0 Å². The van der Waals surface area contributed by atoms with Gasteiger partial charge in [-0.3, -0.25) is 4.79 Å². The Morgan fingerprint density at radius 1 is 1.10 bits per heavy atom.